The molecule has 0 bridgehead atoms. The van der Waals surface area contributed by atoms with Crippen molar-refractivity contribution in [2.24, 2.45) is 0 Å². The Morgan fingerprint density at radius 3 is 1.95 bits per heavy atom. The number of para-hydroxylation sites is 1. The molecule has 3 aromatic rings. The molecule has 0 aliphatic heterocycles. The molecule has 0 radical (unpaired) electrons. The van der Waals surface area contributed by atoms with Gasteiger partial charge >= 0.3 is 0 Å². The molecule has 0 aliphatic carbocycles. The van der Waals surface area contributed by atoms with Crippen LogP contribution >= 0.6 is 0 Å². The second kappa shape index (κ2) is 5.40. The van der Waals surface area contributed by atoms with Crippen molar-refractivity contribution in [3.05, 3.63) is 84.9 Å². The smallest absolute Gasteiger partial charge is 0.0629 e. The number of benzene rings is 3. The maximum Gasteiger partial charge on any atom is 0.0629 e. The Bertz CT molecular complexity index is 690. The van der Waals surface area contributed by atoms with Gasteiger partial charge in [0, 0.05) is 11.4 Å². The van der Waals surface area contributed by atoms with Gasteiger partial charge in [0.15, 0.2) is 0 Å². The van der Waals surface area contributed by atoms with E-state index in [2.05, 4.69) is 5.32 Å². The van der Waals surface area contributed by atoms with Gasteiger partial charge in [-0.1, -0.05) is 60.6 Å². The van der Waals surface area contributed by atoms with E-state index in [-0.39, 0.29) is 0 Å². The van der Waals surface area contributed by atoms with E-state index in [1.165, 1.54) is 0 Å². The zero-order chi connectivity index (χ0) is 13.8. The highest BCUT2D eigenvalue weighted by Gasteiger charge is 1.97. The third-order valence-corrected chi connectivity index (χ3v) is 2.97. The van der Waals surface area contributed by atoms with Crippen LogP contribution in [0.3, 0.4) is 0 Å². The van der Waals surface area contributed by atoms with E-state index in [1.54, 1.807) is 0 Å². The molecular formula is C18H15N. The lowest BCUT2D eigenvalue weighted by Crippen LogP contribution is -1.89. The van der Waals surface area contributed by atoms with E-state index in [0.717, 1.165) is 22.5 Å². The second-order valence-electron chi connectivity index (χ2n) is 4.34. The molecule has 0 aromatic heterocycles. The normalized spacial score (nSPS) is 10.8. The van der Waals surface area contributed by atoms with E-state index in [4.69, 9.17) is 1.37 Å². The van der Waals surface area contributed by atoms with Crippen LogP contribution in [0, 0.1) is 0 Å². The zero-order valence-electron chi connectivity index (χ0n) is 11.5. The first-order valence-corrected chi connectivity index (χ1v) is 6.31. The molecule has 1 heteroatoms. The Hall–Kier alpha value is -2.54. The highest BCUT2D eigenvalue weighted by molar-refractivity contribution is 5.68. The minimum atomic E-state index is 0.552. The molecule has 0 amide bonds. The first kappa shape index (κ1) is 10.4. The number of nitrogens with one attached hydrogen (secondary N) is 1. The molecule has 3 aromatic carbocycles. The van der Waals surface area contributed by atoms with Crippen molar-refractivity contribution in [3.8, 4) is 11.1 Å². The Morgan fingerprint density at radius 1 is 0.579 bits per heavy atom. The molecule has 0 spiro atoms. The molecular weight excluding hydrogens is 230 g/mol. The summed E-state index contributed by atoms with van der Waals surface area (Å²) < 4.78 is 7.93. The minimum Gasteiger partial charge on any atom is -0.356 e. The minimum absolute atomic E-state index is 0.552. The van der Waals surface area contributed by atoms with Crippen molar-refractivity contribution >= 4 is 11.4 Å². The molecule has 0 saturated heterocycles. The Morgan fingerprint density at radius 2 is 1.21 bits per heavy atom. The molecule has 0 aliphatic rings. The molecule has 0 fully saturated rings. The third-order valence-electron chi connectivity index (χ3n) is 2.97. The maximum absolute atomic E-state index is 7.93. The predicted octanol–water partition coefficient (Wildman–Crippen LogP) is 5.10. The van der Waals surface area contributed by atoms with Crippen LogP contribution in [0.1, 0.15) is 1.37 Å². The number of rotatable bonds is 3. The summed E-state index contributed by atoms with van der Waals surface area (Å²) in [5.74, 6) is 0. The lowest BCUT2D eigenvalue weighted by molar-refractivity contribution is 1.54. The fraction of sp³-hybridized carbons (Fsp3) is 0. The first-order valence-electron chi connectivity index (χ1n) is 6.81. The molecule has 92 valence electrons. The van der Waals surface area contributed by atoms with E-state index in [9.17, 15) is 0 Å². The third kappa shape index (κ3) is 2.83. The van der Waals surface area contributed by atoms with Crippen molar-refractivity contribution in [1.82, 2.24) is 0 Å². The van der Waals surface area contributed by atoms with Gasteiger partial charge in [-0.2, -0.15) is 0 Å². The van der Waals surface area contributed by atoms with Gasteiger partial charge in [0.25, 0.3) is 0 Å². The van der Waals surface area contributed by atoms with Gasteiger partial charge in [0.05, 0.1) is 1.37 Å². The van der Waals surface area contributed by atoms with Gasteiger partial charge in [-0.05, 0) is 35.4 Å². The first-order chi connectivity index (χ1) is 9.83. The number of hydrogen-bond donors (Lipinski definition) is 1. The van der Waals surface area contributed by atoms with Gasteiger partial charge in [0.1, 0.15) is 0 Å². The fourth-order valence-electron chi connectivity index (χ4n) is 1.99. The van der Waals surface area contributed by atoms with Gasteiger partial charge in [-0.3, -0.25) is 0 Å². The van der Waals surface area contributed by atoms with E-state index >= 15 is 0 Å². The zero-order valence-corrected chi connectivity index (χ0v) is 10.5. The molecule has 19 heavy (non-hydrogen) atoms. The van der Waals surface area contributed by atoms with Crippen molar-refractivity contribution in [3.63, 3.8) is 0 Å². The van der Waals surface area contributed by atoms with Crippen LogP contribution < -0.4 is 5.32 Å². The van der Waals surface area contributed by atoms with Crippen LogP contribution in [-0.4, -0.2) is 0 Å². The maximum atomic E-state index is 7.93. The summed E-state index contributed by atoms with van der Waals surface area (Å²) in [6, 6.07) is 26.4. The molecule has 1 nitrogen and oxygen atoms in total. The summed E-state index contributed by atoms with van der Waals surface area (Å²) in [6.07, 6.45) is 0. The van der Waals surface area contributed by atoms with Crippen LogP contribution in [0.2, 0.25) is 0 Å². The predicted molar refractivity (Wildman–Crippen MR) is 81.6 cm³/mol. The van der Waals surface area contributed by atoms with Crippen molar-refractivity contribution < 1.29 is 1.37 Å². The highest BCUT2D eigenvalue weighted by Crippen LogP contribution is 2.22. The van der Waals surface area contributed by atoms with Gasteiger partial charge < -0.3 is 5.32 Å². The number of hydrogen-bond acceptors (Lipinski definition) is 1. The lowest BCUT2D eigenvalue weighted by Gasteiger charge is -2.07. The average molecular weight is 246 g/mol. The highest BCUT2D eigenvalue weighted by atomic mass is 14.9. The topological polar surface area (TPSA) is 12.0 Å². The van der Waals surface area contributed by atoms with Crippen LogP contribution in [-0.2, 0) is 0 Å². The number of anilines is 2. The molecule has 0 heterocycles. The summed E-state index contributed by atoms with van der Waals surface area (Å²) in [7, 11) is 0. The quantitative estimate of drug-likeness (QED) is 0.678. The molecule has 0 saturated carbocycles. The molecule has 0 unspecified atom stereocenters. The van der Waals surface area contributed by atoms with E-state index in [1.807, 2.05) is 78.9 Å². The molecule has 0 atom stereocenters. The summed E-state index contributed by atoms with van der Waals surface area (Å²) in [5.41, 5.74) is 4.14. The van der Waals surface area contributed by atoms with Crippen LogP contribution in [0.4, 0.5) is 11.4 Å². The summed E-state index contributed by atoms with van der Waals surface area (Å²) in [4.78, 5) is 0. The van der Waals surface area contributed by atoms with Crippen molar-refractivity contribution in [2.45, 2.75) is 0 Å². The van der Waals surface area contributed by atoms with E-state index < -0.39 is 0 Å². The fourth-order valence-corrected chi connectivity index (χ4v) is 1.99. The largest absolute Gasteiger partial charge is 0.356 e. The van der Waals surface area contributed by atoms with Crippen molar-refractivity contribution in [2.75, 3.05) is 5.32 Å². The molecule has 3 rings (SSSR count). The SMILES string of the molecule is [2H]c1ccccc1-c1ccc(Nc2ccccc2)cc1. The second-order valence-corrected chi connectivity index (χ2v) is 4.34. The Balaban J connectivity index is 1.83. The average Bonchev–Trinajstić information content (AvgIpc) is 2.50. The van der Waals surface area contributed by atoms with Crippen molar-refractivity contribution in [1.29, 1.82) is 0 Å². The summed E-state index contributed by atoms with van der Waals surface area (Å²) >= 11 is 0. The van der Waals surface area contributed by atoms with Gasteiger partial charge in [0.2, 0.25) is 0 Å². The summed E-state index contributed by atoms with van der Waals surface area (Å²) in [5, 5.41) is 3.35. The van der Waals surface area contributed by atoms with Crippen LogP contribution in [0.15, 0.2) is 84.9 Å². The molecule has 1 N–H and O–H groups in total. The monoisotopic (exact) mass is 246 g/mol. The van der Waals surface area contributed by atoms with Gasteiger partial charge in [-0.25, -0.2) is 0 Å². The Kier molecular flexibility index (Phi) is 2.95. The van der Waals surface area contributed by atoms with Crippen LogP contribution in [0.5, 0.6) is 0 Å². The standard InChI is InChI=1S/C18H15N/c1-3-7-15(8-4-1)16-11-13-18(14-12-16)19-17-9-5-2-6-10-17/h1-14,19H/i7D. The van der Waals surface area contributed by atoms with E-state index in [0.29, 0.717) is 6.04 Å². The lowest BCUT2D eigenvalue weighted by atomic mass is 10.1. The Labute approximate surface area is 115 Å². The van der Waals surface area contributed by atoms with Crippen LogP contribution in [0.25, 0.3) is 11.1 Å². The van der Waals surface area contributed by atoms with Gasteiger partial charge in [-0.15, -0.1) is 0 Å². The summed E-state index contributed by atoms with van der Waals surface area (Å²) in [6.45, 7) is 0.